The zero-order chi connectivity index (χ0) is 18.8. The van der Waals surface area contributed by atoms with Crippen molar-refractivity contribution >= 4 is 17.5 Å². The second-order valence-electron chi connectivity index (χ2n) is 6.62. The van der Waals surface area contributed by atoms with E-state index >= 15 is 0 Å². The number of fused-ring (bicyclic) bond motifs is 1. The molecule has 0 spiro atoms. The Balaban J connectivity index is 1.43. The van der Waals surface area contributed by atoms with E-state index in [1.54, 1.807) is 24.3 Å². The molecule has 7 heteroatoms. The fourth-order valence-corrected chi connectivity index (χ4v) is 3.53. The molecule has 0 N–H and O–H groups in total. The molecular weight excluding hydrogens is 344 g/mol. The van der Waals surface area contributed by atoms with Crippen LogP contribution < -0.4 is 0 Å². The van der Waals surface area contributed by atoms with E-state index in [0.717, 1.165) is 24.3 Å². The van der Waals surface area contributed by atoms with Crippen molar-refractivity contribution in [1.82, 2.24) is 19.5 Å². The minimum Gasteiger partial charge on any atom is -0.465 e. The van der Waals surface area contributed by atoms with Crippen molar-refractivity contribution in [3.05, 3.63) is 65.6 Å². The summed E-state index contributed by atoms with van der Waals surface area (Å²) in [7, 11) is 1.34. The minimum absolute atomic E-state index is 0.0176. The number of methoxy groups -OCH3 is 1. The molecule has 1 saturated heterocycles. The van der Waals surface area contributed by atoms with Crippen LogP contribution in [0.15, 0.2) is 48.7 Å². The van der Waals surface area contributed by atoms with Crippen molar-refractivity contribution in [2.75, 3.05) is 20.2 Å². The van der Waals surface area contributed by atoms with E-state index in [9.17, 15) is 9.59 Å². The smallest absolute Gasteiger partial charge is 0.337 e. The first-order chi connectivity index (χ1) is 13.2. The summed E-state index contributed by atoms with van der Waals surface area (Å²) in [6.45, 7) is 1.34. The molecule has 4 rings (SSSR count). The van der Waals surface area contributed by atoms with Gasteiger partial charge in [-0.05, 0) is 49.2 Å². The van der Waals surface area contributed by atoms with Gasteiger partial charge in [0.1, 0.15) is 5.82 Å². The molecule has 27 heavy (non-hydrogen) atoms. The molecule has 1 aromatic carbocycles. The molecule has 0 unspecified atom stereocenters. The minimum atomic E-state index is -0.407. The van der Waals surface area contributed by atoms with E-state index in [1.807, 2.05) is 33.7 Å². The zero-order valence-corrected chi connectivity index (χ0v) is 15.0. The first-order valence-corrected chi connectivity index (χ1v) is 8.94. The number of likely N-dealkylation sites (tertiary alicyclic amines) is 1. The van der Waals surface area contributed by atoms with Crippen molar-refractivity contribution in [1.29, 1.82) is 0 Å². The lowest BCUT2D eigenvalue weighted by Crippen LogP contribution is -2.38. The summed E-state index contributed by atoms with van der Waals surface area (Å²) in [5, 5.41) is 8.57. The number of pyridine rings is 1. The third kappa shape index (κ3) is 3.28. The molecule has 2 aromatic heterocycles. The van der Waals surface area contributed by atoms with Crippen molar-refractivity contribution in [2.24, 2.45) is 0 Å². The normalized spacial score (nSPS) is 15.1. The predicted octanol–water partition coefficient (Wildman–Crippen LogP) is 2.54. The summed E-state index contributed by atoms with van der Waals surface area (Å²) < 4.78 is 6.70. The molecule has 0 saturated carbocycles. The highest BCUT2D eigenvalue weighted by Gasteiger charge is 2.27. The predicted molar refractivity (Wildman–Crippen MR) is 98.6 cm³/mol. The van der Waals surface area contributed by atoms with Crippen LogP contribution in [-0.2, 0) is 4.74 Å². The third-order valence-corrected chi connectivity index (χ3v) is 5.04. The number of piperidine rings is 1. The van der Waals surface area contributed by atoms with Gasteiger partial charge in [-0.2, -0.15) is 0 Å². The third-order valence-electron chi connectivity index (χ3n) is 5.04. The molecule has 0 bridgehead atoms. The summed E-state index contributed by atoms with van der Waals surface area (Å²) in [4.78, 5) is 26.1. The van der Waals surface area contributed by atoms with E-state index in [0.29, 0.717) is 24.2 Å². The number of hydrogen-bond donors (Lipinski definition) is 0. The summed E-state index contributed by atoms with van der Waals surface area (Å²) in [5.41, 5.74) is 1.86. The molecule has 3 heterocycles. The van der Waals surface area contributed by atoms with E-state index in [-0.39, 0.29) is 11.8 Å². The molecule has 1 aliphatic rings. The molecule has 3 aromatic rings. The largest absolute Gasteiger partial charge is 0.465 e. The Morgan fingerprint density at radius 1 is 1.00 bits per heavy atom. The van der Waals surface area contributed by atoms with Gasteiger partial charge in [-0.25, -0.2) is 4.79 Å². The molecule has 0 aliphatic carbocycles. The van der Waals surface area contributed by atoms with Gasteiger partial charge in [0.05, 0.1) is 12.7 Å². The standard InChI is InChI=1S/C20H20N4O3/c1-27-20(26)16-7-5-15(6-8-16)19(25)23-12-9-14(10-13-23)18-22-21-17-4-2-3-11-24(17)18/h2-8,11,14H,9-10,12-13H2,1H3. The first-order valence-electron chi connectivity index (χ1n) is 8.94. The van der Waals surface area contributed by atoms with Crippen LogP contribution in [0.5, 0.6) is 0 Å². The van der Waals surface area contributed by atoms with Crippen LogP contribution in [0.4, 0.5) is 0 Å². The Morgan fingerprint density at radius 3 is 2.41 bits per heavy atom. The van der Waals surface area contributed by atoms with Gasteiger partial charge in [0.15, 0.2) is 5.65 Å². The highest BCUT2D eigenvalue weighted by Crippen LogP contribution is 2.27. The lowest BCUT2D eigenvalue weighted by molar-refractivity contribution is 0.0599. The number of carbonyl (C=O) groups is 2. The summed E-state index contributed by atoms with van der Waals surface area (Å²) >= 11 is 0. The van der Waals surface area contributed by atoms with Crippen LogP contribution >= 0.6 is 0 Å². The summed E-state index contributed by atoms with van der Waals surface area (Å²) in [6.07, 6.45) is 3.67. The Bertz CT molecular complexity index is 972. The van der Waals surface area contributed by atoms with Crippen molar-refractivity contribution in [3.8, 4) is 0 Å². The lowest BCUT2D eigenvalue weighted by atomic mass is 9.95. The number of nitrogens with zero attached hydrogens (tertiary/aromatic N) is 4. The summed E-state index contributed by atoms with van der Waals surface area (Å²) in [5.74, 6) is 0.819. The lowest BCUT2D eigenvalue weighted by Gasteiger charge is -2.31. The van der Waals surface area contributed by atoms with Gasteiger partial charge in [0.25, 0.3) is 5.91 Å². The first kappa shape index (κ1) is 17.2. The van der Waals surface area contributed by atoms with Crippen molar-refractivity contribution in [2.45, 2.75) is 18.8 Å². The quantitative estimate of drug-likeness (QED) is 0.668. The monoisotopic (exact) mass is 364 g/mol. The summed E-state index contributed by atoms with van der Waals surface area (Å²) in [6, 6.07) is 12.4. The highest BCUT2D eigenvalue weighted by molar-refractivity contribution is 5.96. The number of hydrogen-bond acceptors (Lipinski definition) is 5. The van der Waals surface area contributed by atoms with Crippen LogP contribution in [-0.4, -0.2) is 51.6 Å². The van der Waals surface area contributed by atoms with Gasteiger partial charge in [-0.3, -0.25) is 9.20 Å². The fourth-order valence-electron chi connectivity index (χ4n) is 3.53. The number of ether oxygens (including phenoxy) is 1. The Labute approximate surface area is 156 Å². The van der Waals surface area contributed by atoms with Gasteiger partial charge in [0.2, 0.25) is 0 Å². The molecular formula is C20H20N4O3. The molecule has 0 radical (unpaired) electrons. The van der Waals surface area contributed by atoms with Gasteiger partial charge in [0, 0.05) is 30.8 Å². The number of rotatable bonds is 3. The number of benzene rings is 1. The van der Waals surface area contributed by atoms with Crippen molar-refractivity contribution < 1.29 is 14.3 Å². The zero-order valence-electron chi connectivity index (χ0n) is 15.0. The molecule has 1 fully saturated rings. The van der Waals surface area contributed by atoms with E-state index in [1.165, 1.54) is 7.11 Å². The molecule has 1 aliphatic heterocycles. The Hall–Kier alpha value is -3.22. The number of amides is 1. The highest BCUT2D eigenvalue weighted by atomic mass is 16.5. The van der Waals surface area contributed by atoms with Crippen molar-refractivity contribution in [3.63, 3.8) is 0 Å². The average molecular weight is 364 g/mol. The number of carbonyl (C=O) groups excluding carboxylic acids is 2. The van der Waals surface area contributed by atoms with E-state index in [2.05, 4.69) is 14.9 Å². The van der Waals surface area contributed by atoms with E-state index in [4.69, 9.17) is 0 Å². The topological polar surface area (TPSA) is 76.8 Å². The van der Waals surface area contributed by atoms with Crippen LogP contribution in [0.1, 0.15) is 45.3 Å². The van der Waals surface area contributed by atoms with Gasteiger partial charge in [-0.1, -0.05) is 6.07 Å². The SMILES string of the molecule is COC(=O)c1ccc(C(=O)N2CCC(c3nnc4ccccn34)CC2)cc1. The fraction of sp³-hybridized carbons (Fsp3) is 0.300. The Kier molecular flexibility index (Phi) is 4.58. The molecule has 0 atom stereocenters. The van der Waals surface area contributed by atoms with E-state index < -0.39 is 5.97 Å². The van der Waals surface area contributed by atoms with Crippen LogP contribution in [0.3, 0.4) is 0 Å². The maximum Gasteiger partial charge on any atom is 0.337 e. The second kappa shape index (κ2) is 7.19. The number of aromatic nitrogens is 3. The van der Waals surface area contributed by atoms with Crippen LogP contribution in [0.2, 0.25) is 0 Å². The second-order valence-corrected chi connectivity index (χ2v) is 6.62. The van der Waals surface area contributed by atoms with Crippen LogP contribution in [0, 0.1) is 0 Å². The molecule has 1 amide bonds. The Morgan fingerprint density at radius 2 is 1.70 bits per heavy atom. The van der Waals surface area contributed by atoms with Gasteiger partial charge >= 0.3 is 5.97 Å². The molecule has 7 nitrogen and oxygen atoms in total. The maximum absolute atomic E-state index is 12.7. The molecule has 138 valence electrons. The average Bonchev–Trinajstić information content (AvgIpc) is 3.17. The van der Waals surface area contributed by atoms with Gasteiger partial charge in [-0.15, -0.1) is 10.2 Å². The van der Waals surface area contributed by atoms with Gasteiger partial charge < -0.3 is 9.64 Å². The van der Waals surface area contributed by atoms with Crippen LogP contribution in [0.25, 0.3) is 5.65 Å². The number of esters is 1. The maximum atomic E-state index is 12.7.